The van der Waals surface area contributed by atoms with E-state index in [-0.39, 0.29) is 18.1 Å². The Bertz CT molecular complexity index is 881. The third-order valence-electron chi connectivity index (χ3n) is 6.44. The van der Waals surface area contributed by atoms with Gasteiger partial charge < -0.3 is 14.8 Å². The lowest BCUT2D eigenvalue weighted by atomic mass is 10.0. The molecule has 2 heterocycles. The van der Waals surface area contributed by atoms with Crippen molar-refractivity contribution < 1.29 is 14.3 Å². The lowest BCUT2D eigenvalue weighted by Crippen LogP contribution is -2.47. The van der Waals surface area contributed by atoms with Crippen LogP contribution in [-0.2, 0) is 17.9 Å². The molecule has 0 aliphatic carbocycles. The molecule has 6 nitrogen and oxygen atoms in total. The number of hydrogen-bond donors (Lipinski definition) is 1. The Labute approximate surface area is 191 Å². The Kier molecular flexibility index (Phi) is 7.66. The number of methoxy groups -OCH3 is 1. The highest BCUT2D eigenvalue weighted by Gasteiger charge is 2.26. The average molecular weight is 438 g/mol. The van der Waals surface area contributed by atoms with Crippen molar-refractivity contribution in [2.24, 2.45) is 0 Å². The molecule has 1 atom stereocenters. The second kappa shape index (κ2) is 10.8. The van der Waals surface area contributed by atoms with E-state index in [2.05, 4.69) is 52.4 Å². The van der Waals surface area contributed by atoms with Gasteiger partial charge in [0.15, 0.2) is 0 Å². The first-order valence-corrected chi connectivity index (χ1v) is 11.7. The molecule has 1 unspecified atom stereocenters. The molecule has 1 saturated heterocycles. The molecular weight excluding hydrogens is 402 g/mol. The van der Waals surface area contributed by atoms with E-state index in [0.29, 0.717) is 13.1 Å². The van der Waals surface area contributed by atoms with Crippen molar-refractivity contribution in [2.75, 3.05) is 33.3 Å². The zero-order chi connectivity index (χ0) is 22.3. The molecule has 0 bridgehead atoms. The number of piperidine rings is 1. The van der Waals surface area contributed by atoms with Crippen LogP contribution in [0.3, 0.4) is 0 Å². The van der Waals surface area contributed by atoms with Crippen LogP contribution in [0.15, 0.2) is 48.5 Å². The number of nitrogens with one attached hydrogen (secondary N) is 1. The standard InChI is InChI=1S/C26H35N3O3/c1-3-23-18-29(17-21-15-24(31-2)9-10-25(21)32-23)19-26(30)27-22-11-13-28(14-12-22)16-20-7-5-4-6-8-20/h4-10,15,22-23H,3,11-14,16-19H2,1-2H3,(H,27,30). The predicted molar refractivity (Wildman–Crippen MR) is 126 cm³/mol. The Morgan fingerprint density at radius 1 is 1.12 bits per heavy atom. The summed E-state index contributed by atoms with van der Waals surface area (Å²) in [6, 6.07) is 16.8. The van der Waals surface area contributed by atoms with Gasteiger partial charge in [-0.3, -0.25) is 14.6 Å². The van der Waals surface area contributed by atoms with Gasteiger partial charge in [0.1, 0.15) is 17.6 Å². The monoisotopic (exact) mass is 437 g/mol. The minimum atomic E-state index is 0.0821. The normalized spacial score (nSPS) is 20.1. The number of likely N-dealkylation sites (tertiary alicyclic amines) is 1. The summed E-state index contributed by atoms with van der Waals surface area (Å²) < 4.78 is 11.6. The van der Waals surface area contributed by atoms with Crippen molar-refractivity contribution in [3.05, 3.63) is 59.7 Å². The minimum absolute atomic E-state index is 0.0821. The van der Waals surface area contributed by atoms with E-state index in [1.54, 1.807) is 7.11 Å². The molecule has 1 N–H and O–H groups in total. The second-order valence-corrected chi connectivity index (χ2v) is 8.89. The first-order chi connectivity index (χ1) is 15.6. The number of ether oxygens (including phenoxy) is 2. The fourth-order valence-corrected chi connectivity index (χ4v) is 4.62. The molecule has 2 aromatic rings. The SMILES string of the molecule is CCC1CN(CC(=O)NC2CCN(Cc3ccccc3)CC2)Cc2cc(OC)ccc2O1. The molecule has 1 amide bonds. The highest BCUT2D eigenvalue weighted by atomic mass is 16.5. The van der Waals surface area contributed by atoms with Gasteiger partial charge in [-0.05, 0) is 43.0 Å². The largest absolute Gasteiger partial charge is 0.497 e. The van der Waals surface area contributed by atoms with Gasteiger partial charge in [0.25, 0.3) is 0 Å². The molecule has 172 valence electrons. The van der Waals surface area contributed by atoms with Gasteiger partial charge >= 0.3 is 0 Å². The number of nitrogens with zero attached hydrogens (tertiary/aromatic N) is 2. The summed E-state index contributed by atoms with van der Waals surface area (Å²) in [4.78, 5) is 17.5. The average Bonchev–Trinajstić information content (AvgIpc) is 2.98. The van der Waals surface area contributed by atoms with Gasteiger partial charge in [-0.1, -0.05) is 37.3 Å². The molecule has 2 aromatic carbocycles. The summed E-state index contributed by atoms with van der Waals surface area (Å²) in [5.41, 5.74) is 2.42. The van der Waals surface area contributed by atoms with Crippen molar-refractivity contribution in [2.45, 2.75) is 51.4 Å². The maximum atomic E-state index is 12.9. The van der Waals surface area contributed by atoms with E-state index in [9.17, 15) is 4.79 Å². The number of rotatable bonds is 7. The molecule has 0 radical (unpaired) electrons. The van der Waals surface area contributed by atoms with Crippen molar-refractivity contribution in [1.29, 1.82) is 0 Å². The van der Waals surface area contributed by atoms with Gasteiger partial charge in [-0.15, -0.1) is 0 Å². The van der Waals surface area contributed by atoms with E-state index in [0.717, 1.165) is 62.5 Å². The summed E-state index contributed by atoms with van der Waals surface area (Å²) in [6.07, 6.45) is 2.99. The van der Waals surface area contributed by atoms with Gasteiger partial charge in [0.05, 0.1) is 13.7 Å². The Morgan fingerprint density at radius 2 is 1.91 bits per heavy atom. The maximum absolute atomic E-state index is 12.9. The van der Waals surface area contributed by atoms with Crippen molar-refractivity contribution in [1.82, 2.24) is 15.1 Å². The van der Waals surface area contributed by atoms with Gasteiger partial charge in [-0.2, -0.15) is 0 Å². The number of fused-ring (bicyclic) bond motifs is 1. The fraction of sp³-hybridized carbons (Fsp3) is 0.500. The van der Waals surface area contributed by atoms with Crippen molar-refractivity contribution in [3.8, 4) is 11.5 Å². The molecule has 6 heteroatoms. The number of carbonyl (C=O) groups is 1. The fourth-order valence-electron chi connectivity index (χ4n) is 4.62. The zero-order valence-corrected chi connectivity index (χ0v) is 19.3. The first-order valence-electron chi connectivity index (χ1n) is 11.7. The molecule has 4 rings (SSSR count). The highest BCUT2D eigenvalue weighted by molar-refractivity contribution is 5.78. The first kappa shape index (κ1) is 22.6. The zero-order valence-electron chi connectivity index (χ0n) is 19.3. The van der Waals surface area contributed by atoms with Crippen LogP contribution in [0.2, 0.25) is 0 Å². The summed E-state index contributed by atoms with van der Waals surface area (Å²) in [7, 11) is 1.67. The topological polar surface area (TPSA) is 54.0 Å². The second-order valence-electron chi connectivity index (χ2n) is 8.89. The van der Waals surface area contributed by atoms with Gasteiger partial charge in [-0.25, -0.2) is 0 Å². The molecule has 0 spiro atoms. The molecule has 0 saturated carbocycles. The number of amides is 1. The summed E-state index contributed by atoms with van der Waals surface area (Å²) in [6.45, 7) is 6.96. The lowest BCUT2D eigenvalue weighted by molar-refractivity contribution is -0.123. The molecule has 2 aliphatic heterocycles. The Balaban J connectivity index is 1.28. The molecular formula is C26H35N3O3. The van der Waals surface area contributed by atoms with Crippen LogP contribution >= 0.6 is 0 Å². The highest BCUT2D eigenvalue weighted by Crippen LogP contribution is 2.29. The van der Waals surface area contributed by atoms with Gasteiger partial charge in [0.2, 0.25) is 5.91 Å². The number of benzene rings is 2. The van der Waals surface area contributed by atoms with Crippen LogP contribution in [0.4, 0.5) is 0 Å². The lowest BCUT2D eigenvalue weighted by Gasteiger charge is -2.33. The Hall–Kier alpha value is -2.57. The van der Waals surface area contributed by atoms with Crippen molar-refractivity contribution in [3.63, 3.8) is 0 Å². The third-order valence-corrected chi connectivity index (χ3v) is 6.44. The Morgan fingerprint density at radius 3 is 2.62 bits per heavy atom. The van der Waals surface area contributed by atoms with Crippen LogP contribution in [0.5, 0.6) is 11.5 Å². The molecule has 1 fully saturated rings. The number of carbonyl (C=O) groups excluding carboxylic acids is 1. The van der Waals surface area contributed by atoms with Crippen LogP contribution in [0, 0.1) is 0 Å². The van der Waals surface area contributed by atoms with Gasteiger partial charge in [0, 0.05) is 44.3 Å². The van der Waals surface area contributed by atoms with E-state index >= 15 is 0 Å². The van der Waals surface area contributed by atoms with Crippen LogP contribution in [0.1, 0.15) is 37.3 Å². The molecule has 0 aromatic heterocycles. The third kappa shape index (κ3) is 6.02. The predicted octanol–water partition coefficient (Wildman–Crippen LogP) is 3.45. The van der Waals surface area contributed by atoms with E-state index < -0.39 is 0 Å². The van der Waals surface area contributed by atoms with Crippen LogP contribution in [-0.4, -0.2) is 61.1 Å². The van der Waals surface area contributed by atoms with E-state index in [1.165, 1.54) is 5.56 Å². The smallest absolute Gasteiger partial charge is 0.234 e. The number of hydrogen-bond acceptors (Lipinski definition) is 5. The minimum Gasteiger partial charge on any atom is -0.497 e. The van der Waals surface area contributed by atoms with E-state index in [4.69, 9.17) is 9.47 Å². The van der Waals surface area contributed by atoms with Crippen LogP contribution < -0.4 is 14.8 Å². The quantitative estimate of drug-likeness (QED) is 0.719. The van der Waals surface area contributed by atoms with Crippen LogP contribution in [0.25, 0.3) is 0 Å². The maximum Gasteiger partial charge on any atom is 0.234 e. The van der Waals surface area contributed by atoms with Crippen molar-refractivity contribution >= 4 is 5.91 Å². The van der Waals surface area contributed by atoms with E-state index in [1.807, 2.05) is 18.2 Å². The summed E-state index contributed by atoms with van der Waals surface area (Å²) in [5.74, 6) is 1.81. The summed E-state index contributed by atoms with van der Waals surface area (Å²) in [5, 5.41) is 3.28. The summed E-state index contributed by atoms with van der Waals surface area (Å²) >= 11 is 0. The molecule has 32 heavy (non-hydrogen) atoms. The molecule has 2 aliphatic rings.